The van der Waals surface area contributed by atoms with Gasteiger partial charge in [-0.1, -0.05) is 0 Å². The van der Waals surface area contributed by atoms with Crippen molar-refractivity contribution in [3.63, 3.8) is 0 Å². The molecule has 2 aliphatic heterocycles. The number of carbonyl (C=O) groups excluding carboxylic acids is 2. The van der Waals surface area contributed by atoms with Crippen molar-refractivity contribution in [1.82, 2.24) is 0 Å². The Hall–Kier alpha value is -3.42. The molecule has 0 radical (unpaired) electrons. The summed E-state index contributed by atoms with van der Waals surface area (Å²) in [6, 6.07) is 10.4. The van der Waals surface area contributed by atoms with E-state index in [1.165, 1.54) is 14.2 Å². The van der Waals surface area contributed by atoms with E-state index in [0.717, 1.165) is 36.0 Å². The van der Waals surface area contributed by atoms with Crippen LogP contribution in [0.5, 0.6) is 11.5 Å². The molecule has 0 spiro atoms. The predicted octanol–water partition coefficient (Wildman–Crippen LogP) is 2.56. The van der Waals surface area contributed by atoms with Crippen LogP contribution in [-0.2, 0) is 9.47 Å². The maximum Gasteiger partial charge on any atom is 0.337 e. The van der Waals surface area contributed by atoms with Crippen LogP contribution in [0.2, 0.25) is 0 Å². The average molecular weight is 386 g/mol. The molecule has 2 heterocycles. The van der Waals surface area contributed by atoms with Gasteiger partial charge in [-0.15, -0.1) is 0 Å². The van der Waals surface area contributed by atoms with E-state index in [4.69, 9.17) is 9.47 Å². The summed E-state index contributed by atoms with van der Waals surface area (Å²) in [6.45, 7) is 2.84. The molecule has 0 aliphatic carbocycles. The molecule has 0 atom stereocenters. The highest BCUT2D eigenvalue weighted by Crippen LogP contribution is 2.29. The number of ether oxygens (including phenoxy) is 4. The maximum atomic E-state index is 11.2. The lowest BCUT2D eigenvalue weighted by Crippen LogP contribution is -2.18. The fraction of sp³-hybridized carbons (Fsp3) is 0.300. The molecule has 2 aromatic rings. The Kier molecular flexibility index (Phi) is 6.21. The first-order valence-corrected chi connectivity index (χ1v) is 8.80. The molecule has 28 heavy (non-hydrogen) atoms. The van der Waals surface area contributed by atoms with Crippen LogP contribution < -0.4 is 20.1 Å². The van der Waals surface area contributed by atoms with Gasteiger partial charge in [0.05, 0.1) is 36.7 Å². The highest BCUT2D eigenvalue weighted by molar-refractivity contribution is 5.91. The second-order valence-electron chi connectivity index (χ2n) is 5.96. The molecule has 0 saturated heterocycles. The molecule has 4 rings (SSSR count). The fourth-order valence-electron chi connectivity index (χ4n) is 2.77. The van der Waals surface area contributed by atoms with E-state index < -0.39 is 0 Å². The number of fused-ring (bicyclic) bond motifs is 2. The van der Waals surface area contributed by atoms with Gasteiger partial charge in [-0.2, -0.15) is 0 Å². The third kappa shape index (κ3) is 4.46. The molecule has 8 nitrogen and oxygen atoms in total. The normalized spacial score (nSPS) is 13.5. The number of benzene rings is 2. The third-order valence-corrected chi connectivity index (χ3v) is 4.15. The molecule has 2 aliphatic rings. The lowest BCUT2D eigenvalue weighted by atomic mass is 10.1. The quantitative estimate of drug-likeness (QED) is 0.761. The van der Waals surface area contributed by atoms with Crippen molar-refractivity contribution in [3.05, 3.63) is 47.5 Å². The van der Waals surface area contributed by atoms with Crippen molar-refractivity contribution in [3.8, 4) is 11.5 Å². The van der Waals surface area contributed by atoms with Crippen LogP contribution >= 0.6 is 0 Å². The van der Waals surface area contributed by atoms with Crippen molar-refractivity contribution < 1.29 is 28.5 Å². The van der Waals surface area contributed by atoms with E-state index in [2.05, 4.69) is 20.1 Å². The van der Waals surface area contributed by atoms with E-state index in [-0.39, 0.29) is 11.9 Å². The van der Waals surface area contributed by atoms with E-state index >= 15 is 0 Å². The Morgan fingerprint density at radius 2 is 1.21 bits per heavy atom. The molecular formula is C20H22N2O6. The van der Waals surface area contributed by atoms with Gasteiger partial charge in [-0.3, -0.25) is 0 Å². The first-order valence-electron chi connectivity index (χ1n) is 8.80. The van der Waals surface area contributed by atoms with Crippen molar-refractivity contribution in [2.75, 3.05) is 51.2 Å². The van der Waals surface area contributed by atoms with Crippen LogP contribution in [-0.4, -0.2) is 52.5 Å². The van der Waals surface area contributed by atoms with Crippen LogP contribution in [0.3, 0.4) is 0 Å². The van der Waals surface area contributed by atoms with E-state index in [1.54, 1.807) is 36.4 Å². The molecule has 0 aromatic heterocycles. The van der Waals surface area contributed by atoms with Gasteiger partial charge in [-0.05, 0) is 36.4 Å². The van der Waals surface area contributed by atoms with Gasteiger partial charge in [0, 0.05) is 13.1 Å². The number of methoxy groups -OCH3 is 2. The molecule has 2 N–H and O–H groups in total. The number of esters is 2. The van der Waals surface area contributed by atoms with E-state index in [9.17, 15) is 9.59 Å². The Morgan fingerprint density at radius 3 is 1.61 bits per heavy atom. The second kappa shape index (κ2) is 8.98. The van der Waals surface area contributed by atoms with Crippen molar-refractivity contribution in [2.24, 2.45) is 0 Å². The van der Waals surface area contributed by atoms with Crippen molar-refractivity contribution in [2.45, 2.75) is 0 Å². The summed E-state index contributed by atoms with van der Waals surface area (Å²) in [5, 5.41) is 6.30. The summed E-state index contributed by atoms with van der Waals surface area (Å²) in [6.07, 6.45) is 0. The summed E-state index contributed by atoms with van der Waals surface area (Å²) in [5.74, 6) is 0.896. The number of rotatable bonds is 2. The zero-order chi connectivity index (χ0) is 19.9. The Morgan fingerprint density at radius 1 is 0.786 bits per heavy atom. The van der Waals surface area contributed by atoms with Crippen LogP contribution in [0, 0.1) is 0 Å². The molecule has 0 unspecified atom stereocenters. The molecule has 0 bridgehead atoms. The lowest BCUT2D eigenvalue weighted by Gasteiger charge is -2.19. The Labute approximate surface area is 162 Å². The smallest absolute Gasteiger partial charge is 0.337 e. The zero-order valence-electron chi connectivity index (χ0n) is 15.7. The van der Waals surface area contributed by atoms with Crippen molar-refractivity contribution >= 4 is 23.3 Å². The lowest BCUT2D eigenvalue weighted by molar-refractivity contribution is 0.0592. The number of hydrogen-bond acceptors (Lipinski definition) is 8. The maximum absolute atomic E-state index is 11.2. The minimum atomic E-state index is -0.333. The summed E-state index contributed by atoms with van der Waals surface area (Å²) < 4.78 is 20.0. The topological polar surface area (TPSA) is 95.1 Å². The van der Waals surface area contributed by atoms with Gasteiger partial charge < -0.3 is 29.6 Å². The van der Waals surface area contributed by atoms with Crippen LogP contribution in [0.4, 0.5) is 11.4 Å². The predicted molar refractivity (Wildman–Crippen MR) is 104 cm³/mol. The molecule has 0 fully saturated rings. The minimum absolute atomic E-state index is 0.333. The number of hydrogen-bond donors (Lipinski definition) is 2. The molecule has 2 aromatic carbocycles. The van der Waals surface area contributed by atoms with Crippen LogP contribution in [0.1, 0.15) is 20.7 Å². The largest absolute Gasteiger partial charge is 0.490 e. The minimum Gasteiger partial charge on any atom is -0.490 e. The number of nitrogens with one attached hydrogen (secondary N) is 2. The highest BCUT2D eigenvalue weighted by Gasteiger charge is 2.14. The molecule has 8 heteroatoms. The van der Waals surface area contributed by atoms with Crippen LogP contribution in [0.25, 0.3) is 0 Å². The zero-order valence-corrected chi connectivity index (χ0v) is 15.7. The van der Waals surface area contributed by atoms with E-state index in [1.807, 2.05) is 0 Å². The van der Waals surface area contributed by atoms with Gasteiger partial charge in [0.15, 0.2) is 0 Å². The summed E-state index contributed by atoms with van der Waals surface area (Å²) >= 11 is 0. The monoisotopic (exact) mass is 386 g/mol. The summed E-state index contributed by atoms with van der Waals surface area (Å²) in [4.78, 5) is 22.4. The SMILES string of the molecule is COC(=O)c1ccc2c(c1)NCCO2.COC(=O)c1ccc2c(c1)NCCO2. The van der Waals surface area contributed by atoms with E-state index in [0.29, 0.717) is 24.3 Å². The highest BCUT2D eigenvalue weighted by atomic mass is 16.5. The Bertz CT molecular complexity index is 796. The standard InChI is InChI=1S/2C10H11NO3/c2*1-13-10(12)7-2-3-9-8(6-7)11-4-5-14-9/h2*2-3,6,11H,4-5H2,1H3. The van der Waals surface area contributed by atoms with Gasteiger partial charge in [0.1, 0.15) is 24.7 Å². The third-order valence-electron chi connectivity index (χ3n) is 4.15. The van der Waals surface area contributed by atoms with Crippen LogP contribution in [0.15, 0.2) is 36.4 Å². The average Bonchev–Trinajstić information content (AvgIpc) is 2.77. The molecule has 0 amide bonds. The molecule has 0 saturated carbocycles. The fourth-order valence-corrected chi connectivity index (χ4v) is 2.77. The first-order chi connectivity index (χ1) is 13.6. The second-order valence-corrected chi connectivity index (χ2v) is 5.96. The van der Waals surface area contributed by atoms with Gasteiger partial charge >= 0.3 is 11.9 Å². The molecule has 148 valence electrons. The number of anilines is 2. The van der Waals surface area contributed by atoms with Crippen molar-refractivity contribution in [1.29, 1.82) is 0 Å². The van der Waals surface area contributed by atoms with Gasteiger partial charge in [-0.25, -0.2) is 9.59 Å². The Balaban J connectivity index is 0.000000161. The summed E-state index contributed by atoms with van der Waals surface area (Å²) in [7, 11) is 2.73. The number of carbonyl (C=O) groups is 2. The first kappa shape index (κ1) is 19.3. The van der Waals surface area contributed by atoms with Gasteiger partial charge in [0.25, 0.3) is 0 Å². The molecular weight excluding hydrogens is 364 g/mol. The van der Waals surface area contributed by atoms with Gasteiger partial charge in [0.2, 0.25) is 0 Å². The summed E-state index contributed by atoms with van der Waals surface area (Å²) in [5.41, 5.74) is 2.76.